The first-order valence-electron chi connectivity index (χ1n) is 4.02. The normalized spacial score (nSPS) is 12.3. The summed E-state index contributed by atoms with van der Waals surface area (Å²) in [6, 6.07) is 10.4. The van der Waals surface area contributed by atoms with Gasteiger partial charge < -0.3 is 10.6 Å². The molecule has 0 saturated heterocycles. The van der Waals surface area contributed by atoms with Crippen molar-refractivity contribution in [3.63, 3.8) is 0 Å². The van der Waals surface area contributed by atoms with Gasteiger partial charge in [0.2, 0.25) is 0 Å². The summed E-state index contributed by atoms with van der Waals surface area (Å²) < 4.78 is 0. The molecule has 2 nitrogen and oxygen atoms in total. The Bertz CT molecular complexity index is 224. The Labute approximate surface area is 113 Å². The Morgan fingerprint density at radius 2 is 1.77 bits per heavy atom. The molecule has 71 valence electrons. The van der Waals surface area contributed by atoms with E-state index in [0.717, 1.165) is 0 Å². The molecule has 1 rings (SSSR count). The molecule has 0 saturated carbocycles. The summed E-state index contributed by atoms with van der Waals surface area (Å²) >= 11 is 0. The Morgan fingerprint density at radius 1 is 1.23 bits per heavy atom. The van der Waals surface area contributed by atoms with Gasteiger partial charge in [0.25, 0.3) is 0 Å². The van der Waals surface area contributed by atoms with Gasteiger partial charge in [-0.05, 0) is 14.1 Å². The Kier molecular flexibility index (Phi) is 7.11. The largest absolute Gasteiger partial charge is 0.482 e. The number of nitrogens with zero attached hydrogens (tertiary/aromatic N) is 1. The van der Waals surface area contributed by atoms with E-state index in [1.807, 2.05) is 32.3 Å². The van der Waals surface area contributed by atoms with E-state index < -0.39 is 0 Å². The number of benzene rings is 1. The fourth-order valence-electron chi connectivity index (χ4n) is 1.23. The van der Waals surface area contributed by atoms with Crippen LogP contribution in [0.5, 0.6) is 0 Å². The molecule has 2 N–H and O–H groups in total. The molecule has 13 heavy (non-hydrogen) atoms. The predicted octanol–water partition coefficient (Wildman–Crippen LogP) is 1.41. The van der Waals surface area contributed by atoms with E-state index in [1.165, 1.54) is 5.56 Å². The molecule has 0 fully saturated rings. The van der Waals surface area contributed by atoms with Crippen LogP contribution in [0, 0.1) is 46.9 Å². The minimum absolute atomic E-state index is 0. The van der Waals surface area contributed by atoms with E-state index in [-0.39, 0.29) is 46.4 Å². The second kappa shape index (κ2) is 6.86. The van der Waals surface area contributed by atoms with Crippen molar-refractivity contribution in [1.82, 2.24) is 4.90 Å². The van der Waals surface area contributed by atoms with Crippen LogP contribution in [0.1, 0.15) is 11.6 Å². The molecule has 0 heterocycles. The average molecular weight is 308 g/mol. The quantitative estimate of drug-likeness (QED) is 0.856. The van der Waals surface area contributed by atoms with Crippen molar-refractivity contribution in [1.29, 1.82) is 0 Å². The fraction of sp³-hybridized carbons (Fsp3) is 0.300. The smallest absolute Gasteiger partial charge is 0 e. The van der Waals surface area contributed by atoms with Crippen LogP contribution >= 0.6 is 0 Å². The molecule has 0 aromatic heterocycles. The molecule has 0 bridgehead atoms. The number of hydrogen-bond donors (Lipinski definition) is 1. The average Bonchev–Trinajstić information content (AvgIpc) is 2.07. The molecule has 0 aliphatic heterocycles. The summed E-state index contributed by atoms with van der Waals surface area (Å²) in [5.41, 5.74) is 6.77. The zero-order chi connectivity index (χ0) is 8.97. The van der Waals surface area contributed by atoms with E-state index >= 15 is 0 Å². The van der Waals surface area contributed by atoms with Crippen molar-refractivity contribution in [2.75, 3.05) is 14.1 Å². The van der Waals surface area contributed by atoms with Gasteiger partial charge in [0.1, 0.15) is 0 Å². The van der Waals surface area contributed by atoms with Gasteiger partial charge in [0, 0.05) is 40.4 Å². The molecular formula is C10H15N2Pm-. The SMILES string of the molecule is CN(C)C([CH-]N)c1ccccc1.[Pm]. The maximum Gasteiger partial charge on any atom is 0 e. The van der Waals surface area contributed by atoms with Gasteiger partial charge >= 0.3 is 0 Å². The summed E-state index contributed by atoms with van der Waals surface area (Å²) in [6.07, 6.45) is 0. The van der Waals surface area contributed by atoms with Crippen LogP contribution in [0.3, 0.4) is 0 Å². The van der Waals surface area contributed by atoms with Crippen molar-refractivity contribution >= 4 is 0 Å². The van der Waals surface area contributed by atoms with Gasteiger partial charge in [-0.1, -0.05) is 41.9 Å². The molecule has 1 radical (unpaired) electrons. The zero-order valence-electron chi connectivity index (χ0n) is 8.01. The van der Waals surface area contributed by atoms with Gasteiger partial charge in [0.05, 0.1) is 0 Å². The van der Waals surface area contributed by atoms with Gasteiger partial charge in [-0.2, -0.15) is 0 Å². The zero-order valence-corrected chi connectivity index (χ0v) is 10.9. The van der Waals surface area contributed by atoms with Gasteiger partial charge in [-0.25, -0.2) is 0 Å². The second-order valence-electron chi connectivity index (χ2n) is 3.01. The first-order valence-corrected chi connectivity index (χ1v) is 4.02. The fourth-order valence-corrected chi connectivity index (χ4v) is 1.23. The molecule has 1 atom stereocenters. The van der Waals surface area contributed by atoms with Gasteiger partial charge in [-0.3, -0.25) is 6.54 Å². The van der Waals surface area contributed by atoms with E-state index in [0.29, 0.717) is 0 Å². The monoisotopic (exact) mass is 308 g/mol. The Balaban J connectivity index is 0.00000144. The summed E-state index contributed by atoms with van der Waals surface area (Å²) in [5, 5.41) is 0. The first kappa shape index (κ1) is 13.5. The van der Waals surface area contributed by atoms with E-state index in [1.54, 1.807) is 6.54 Å². The topological polar surface area (TPSA) is 29.3 Å². The van der Waals surface area contributed by atoms with Crippen LogP contribution in [0.4, 0.5) is 0 Å². The molecule has 3 heteroatoms. The van der Waals surface area contributed by atoms with Crippen molar-refractivity contribution in [2.24, 2.45) is 5.73 Å². The Hall–Kier alpha value is 0.478. The van der Waals surface area contributed by atoms with Crippen molar-refractivity contribution in [2.45, 2.75) is 6.04 Å². The third-order valence-electron chi connectivity index (χ3n) is 1.88. The van der Waals surface area contributed by atoms with E-state index in [2.05, 4.69) is 17.0 Å². The van der Waals surface area contributed by atoms with Gasteiger partial charge in [-0.15, -0.1) is 0 Å². The van der Waals surface area contributed by atoms with Crippen LogP contribution in [-0.4, -0.2) is 19.0 Å². The van der Waals surface area contributed by atoms with Crippen molar-refractivity contribution < 1.29 is 40.4 Å². The summed E-state index contributed by atoms with van der Waals surface area (Å²) in [5.74, 6) is 0. The summed E-state index contributed by atoms with van der Waals surface area (Å²) in [4.78, 5) is 2.08. The minimum atomic E-state index is 0. The molecule has 1 aromatic rings. The number of likely N-dealkylation sites (N-methyl/N-ethyl adjacent to an activating group) is 1. The van der Waals surface area contributed by atoms with Crippen LogP contribution < -0.4 is 5.73 Å². The number of rotatable bonds is 3. The van der Waals surface area contributed by atoms with Crippen molar-refractivity contribution in [3.8, 4) is 0 Å². The van der Waals surface area contributed by atoms with E-state index in [9.17, 15) is 0 Å². The van der Waals surface area contributed by atoms with E-state index in [4.69, 9.17) is 5.73 Å². The molecular weight excluding hydrogens is 293 g/mol. The molecule has 1 unspecified atom stereocenters. The first-order chi connectivity index (χ1) is 5.75. The van der Waals surface area contributed by atoms with Crippen LogP contribution in [-0.2, 0) is 0 Å². The summed E-state index contributed by atoms with van der Waals surface area (Å²) in [7, 11) is 4.03. The summed E-state index contributed by atoms with van der Waals surface area (Å²) in [6.45, 7) is 1.70. The molecule has 0 amide bonds. The molecule has 0 spiro atoms. The number of nitrogens with two attached hydrogens (primary N) is 1. The minimum Gasteiger partial charge on any atom is -0.482 e. The number of hydrogen-bond acceptors (Lipinski definition) is 2. The van der Waals surface area contributed by atoms with Crippen LogP contribution in [0.25, 0.3) is 0 Å². The standard InChI is InChI=1S/C10H15N2.Pm/c1-12(2)10(8-11)9-6-4-3-5-7-9;/h3-8,10H,11H2,1-2H3;/q-1;. The Morgan fingerprint density at radius 3 is 2.15 bits per heavy atom. The van der Waals surface area contributed by atoms with Crippen molar-refractivity contribution in [3.05, 3.63) is 42.4 Å². The molecule has 0 aliphatic carbocycles. The molecule has 1 aromatic carbocycles. The third kappa shape index (κ3) is 4.01. The van der Waals surface area contributed by atoms with Gasteiger partial charge in [0.15, 0.2) is 0 Å². The third-order valence-corrected chi connectivity index (χ3v) is 1.88. The predicted molar refractivity (Wildman–Crippen MR) is 51.4 cm³/mol. The molecule has 0 aliphatic rings. The second-order valence-corrected chi connectivity index (χ2v) is 3.01. The maximum atomic E-state index is 5.54. The van der Waals surface area contributed by atoms with Crippen LogP contribution in [0.15, 0.2) is 30.3 Å². The maximum absolute atomic E-state index is 5.54. The van der Waals surface area contributed by atoms with Crippen LogP contribution in [0.2, 0.25) is 0 Å².